The zero-order valence-corrected chi connectivity index (χ0v) is 13.4. The Morgan fingerprint density at radius 1 is 0.938 bits per heavy atom. The molecule has 0 saturated heterocycles. The Kier molecular flexibility index (Phi) is 9.35. The van der Waals surface area contributed by atoms with E-state index in [4.69, 9.17) is 0 Å². The standard InChI is InChI=1S/C12H24.2C2H6/c1-6-12(5)8-10(2)7-11(3,4)9-12;2*1-2/h10H,6-9H2,1-5H3;2*1-2H3. The third-order valence-electron chi connectivity index (χ3n) is 3.50. The molecular weight excluding hydrogens is 192 g/mol. The summed E-state index contributed by atoms with van der Waals surface area (Å²) in [6.45, 7) is 20.1. The van der Waals surface area contributed by atoms with Crippen LogP contribution in [-0.4, -0.2) is 0 Å². The minimum Gasteiger partial charge on any atom is -0.0683 e. The van der Waals surface area contributed by atoms with Crippen LogP contribution in [0.1, 0.15) is 88.0 Å². The second-order valence-electron chi connectivity index (χ2n) is 6.02. The quantitative estimate of drug-likeness (QED) is 0.494. The van der Waals surface area contributed by atoms with Gasteiger partial charge in [0.2, 0.25) is 0 Å². The van der Waals surface area contributed by atoms with Crippen LogP contribution in [0.4, 0.5) is 0 Å². The van der Waals surface area contributed by atoms with Crippen LogP contribution < -0.4 is 0 Å². The van der Waals surface area contributed by atoms with Gasteiger partial charge in [-0.2, -0.15) is 0 Å². The summed E-state index contributed by atoms with van der Waals surface area (Å²) in [5, 5.41) is 0. The molecule has 0 bridgehead atoms. The summed E-state index contributed by atoms with van der Waals surface area (Å²) in [6.07, 6.45) is 5.62. The van der Waals surface area contributed by atoms with Crippen molar-refractivity contribution >= 4 is 0 Å². The Morgan fingerprint density at radius 3 is 1.69 bits per heavy atom. The van der Waals surface area contributed by atoms with Crippen molar-refractivity contribution in [2.75, 3.05) is 0 Å². The number of hydrogen-bond acceptors (Lipinski definition) is 0. The Balaban J connectivity index is 0. The first-order valence-electron chi connectivity index (χ1n) is 7.37. The maximum Gasteiger partial charge on any atom is -0.0321 e. The van der Waals surface area contributed by atoms with Crippen LogP contribution in [0.25, 0.3) is 0 Å². The highest BCUT2D eigenvalue weighted by atomic mass is 14.4. The van der Waals surface area contributed by atoms with Crippen LogP contribution in [0.5, 0.6) is 0 Å². The summed E-state index contributed by atoms with van der Waals surface area (Å²) in [5.41, 5.74) is 1.21. The van der Waals surface area contributed by atoms with Crippen molar-refractivity contribution in [3.8, 4) is 0 Å². The minimum atomic E-state index is 0.586. The first-order chi connectivity index (χ1) is 7.37. The van der Waals surface area contributed by atoms with E-state index in [2.05, 4.69) is 34.6 Å². The van der Waals surface area contributed by atoms with Crippen LogP contribution in [0.2, 0.25) is 0 Å². The molecule has 0 heteroatoms. The fraction of sp³-hybridized carbons (Fsp3) is 1.00. The molecule has 0 aromatic carbocycles. The first-order valence-corrected chi connectivity index (χ1v) is 7.37. The van der Waals surface area contributed by atoms with Crippen LogP contribution in [0, 0.1) is 16.7 Å². The Morgan fingerprint density at radius 2 is 1.38 bits per heavy atom. The lowest BCUT2D eigenvalue weighted by molar-refractivity contribution is 0.0582. The lowest BCUT2D eigenvalue weighted by Gasteiger charge is -2.45. The maximum atomic E-state index is 2.46. The predicted molar refractivity (Wildman–Crippen MR) is 77.9 cm³/mol. The van der Waals surface area contributed by atoms with E-state index < -0.39 is 0 Å². The molecule has 0 heterocycles. The lowest BCUT2D eigenvalue weighted by atomic mass is 9.60. The Labute approximate surface area is 105 Å². The van der Waals surface area contributed by atoms with Crippen molar-refractivity contribution in [2.24, 2.45) is 16.7 Å². The van der Waals surface area contributed by atoms with E-state index in [1.165, 1.54) is 25.7 Å². The van der Waals surface area contributed by atoms with E-state index in [0.717, 1.165) is 5.92 Å². The van der Waals surface area contributed by atoms with Gasteiger partial charge in [0, 0.05) is 0 Å². The highest BCUT2D eigenvalue weighted by Crippen LogP contribution is 2.49. The first kappa shape index (κ1) is 18.4. The van der Waals surface area contributed by atoms with E-state index >= 15 is 0 Å². The van der Waals surface area contributed by atoms with Crippen LogP contribution in [0.15, 0.2) is 0 Å². The van der Waals surface area contributed by atoms with Gasteiger partial charge in [-0.25, -0.2) is 0 Å². The van der Waals surface area contributed by atoms with Crippen LogP contribution in [0.3, 0.4) is 0 Å². The molecule has 1 aliphatic rings. The predicted octanol–water partition coefficient (Wildman–Crippen LogP) is 6.30. The van der Waals surface area contributed by atoms with Gasteiger partial charge >= 0.3 is 0 Å². The van der Waals surface area contributed by atoms with E-state index in [-0.39, 0.29) is 0 Å². The third-order valence-corrected chi connectivity index (χ3v) is 3.50. The van der Waals surface area contributed by atoms with Crippen molar-refractivity contribution in [3.63, 3.8) is 0 Å². The molecule has 0 nitrogen and oxygen atoms in total. The molecule has 0 spiro atoms. The zero-order valence-electron chi connectivity index (χ0n) is 13.4. The molecule has 0 aromatic heterocycles. The molecule has 0 N–H and O–H groups in total. The number of rotatable bonds is 1. The number of hydrogen-bond donors (Lipinski definition) is 0. The van der Waals surface area contributed by atoms with Gasteiger partial charge < -0.3 is 0 Å². The highest BCUT2D eigenvalue weighted by Gasteiger charge is 2.38. The molecule has 0 radical (unpaired) electrons. The normalized spacial score (nSPS) is 31.7. The van der Waals surface area contributed by atoms with Gasteiger partial charge in [0.25, 0.3) is 0 Å². The second kappa shape index (κ2) is 8.14. The van der Waals surface area contributed by atoms with Gasteiger partial charge in [-0.1, -0.05) is 68.7 Å². The van der Waals surface area contributed by atoms with Gasteiger partial charge in [0.15, 0.2) is 0 Å². The average molecular weight is 228 g/mol. The fourth-order valence-electron chi connectivity index (χ4n) is 3.43. The van der Waals surface area contributed by atoms with Crippen molar-refractivity contribution in [1.29, 1.82) is 0 Å². The largest absolute Gasteiger partial charge is 0.0683 e. The van der Waals surface area contributed by atoms with Gasteiger partial charge in [0.1, 0.15) is 0 Å². The SMILES string of the molecule is CC.CC.CCC1(C)CC(C)CC(C)(C)C1. The molecular formula is C16H36. The Hall–Kier alpha value is 0. The monoisotopic (exact) mass is 228 g/mol. The summed E-state index contributed by atoms with van der Waals surface area (Å²) in [4.78, 5) is 0. The van der Waals surface area contributed by atoms with Crippen molar-refractivity contribution in [3.05, 3.63) is 0 Å². The van der Waals surface area contributed by atoms with Gasteiger partial charge in [-0.15, -0.1) is 0 Å². The maximum absolute atomic E-state index is 2.46. The molecule has 0 aliphatic heterocycles. The summed E-state index contributed by atoms with van der Waals surface area (Å²) in [6, 6.07) is 0. The lowest BCUT2D eigenvalue weighted by Crippen LogP contribution is -2.34. The Bertz CT molecular complexity index is 157. The fourth-order valence-corrected chi connectivity index (χ4v) is 3.43. The van der Waals surface area contributed by atoms with E-state index in [1.54, 1.807) is 0 Å². The van der Waals surface area contributed by atoms with Crippen molar-refractivity contribution in [1.82, 2.24) is 0 Å². The zero-order chi connectivity index (χ0) is 13.4. The minimum absolute atomic E-state index is 0.586. The molecule has 2 unspecified atom stereocenters. The molecule has 0 amide bonds. The highest BCUT2D eigenvalue weighted by molar-refractivity contribution is 4.89. The molecule has 1 rings (SSSR count). The summed E-state index contributed by atoms with van der Waals surface area (Å²) in [5.74, 6) is 0.929. The molecule has 1 aliphatic carbocycles. The van der Waals surface area contributed by atoms with E-state index in [0.29, 0.717) is 10.8 Å². The second-order valence-corrected chi connectivity index (χ2v) is 6.02. The molecule has 1 saturated carbocycles. The van der Waals surface area contributed by atoms with Gasteiger partial charge in [-0.05, 0) is 36.0 Å². The van der Waals surface area contributed by atoms with Crippen molar-refractivity contribution in [2.45, 2.75) is 88.0 Å². The smallest absolute Gasteiger partial charge is 0.0321 e. The van der Waals surface area contributed by atoms with E-state index in [9.17, 15) is 0 Å². The van der Waals surface area contributed by atoms with Gasteiger partial charge in [-0.3, -0.25) is 0 Å². The average Bonchev–Trinajstić information content (AvgIpc) is 2.20. The molecule has 0 aromatic rings. The summed E-state index contributed by atoms with van der Waals surface area (Å²) in [7, 11) is 0. The van der Waals surface area contributed by atoms with Crippen LogP contribution in [-0.2, 0) is 0 Å². The van der Waals surface area contributed by atoms with Crippen molar-refractivity contribution < 1.29 is 0 Å². The van der Waals surface area contributed by atoms with E-state index in [1.807, 2.05) is 27.7 Å². The molecule has 1 fully saturated rings. The third kappa shape index (κ3) is 6.55. The molecule has 16 heavy (non-hydrogen) atoms. The van der Waals surface area contributed by atoms with Gasteiger partial charge in [0.05, 0.1) is 0 Å². The molecule has 100 valence electrons. The van der Waals surface area contributed by atoms with Crippen LogP contribution >= 0.6 is 0 Å². The molecule has 2 atom stereocenters. The summed E-state index contributed by atoms with van der Waals surface area (Å²) >= 11 is 0. The topological polar surface area (TPSA) is 0 Å². The summed E-state index contributed by atoms with van der Waals surface area (Å²) < 4.78 is 0.